The van der Waals surface area contributed by atoms with Crippen LogP contribution in [0.15, 0.2) is 0 Å². The van der Waals surface area contributed by atoms with Crippen LogP contribution in [0.3, 0.4) is 0 Å². The summed E-state index contributed by atoms with van der Waals surface area (Å²) in [6.07, 6.45) is 66.8. The molecule has 612 valence electrons. The van der Waals surface area contributed by atoms with Gasteiger partial charge in [0, 0.05) is 25.7 Å². The number of hydrogen-bond donors (Lipinski definition) is 3. The summed E-state index contributed by atoms with van der Waals surface area (Å²) in [5.41, 5.74) is 0. The van der Waals surface area contributed by atoms with Crippen molar-refractivity contribution >= 4 is 39.5 Å². The van der Waals surface area contributed by atoms with Crippen molar-refractivity contribution in [3.05, 3.63) is 0 Å². The third-order valence-corrected chi connectivity index (χ3v) is 22.0. The zero-order valence-corrected chi connectivity index (χ0v) is 69.4. The maximum atomic E-state index is 13.1. The Bertz CT molecular complexity index is 1980. The van der Waals surface area contributed by atoms with Crippen molar-refractivity contribution in [3.8, 4) is 0 Å². The van der Waals surface area contributed by atoms with Gasteiger partial charge in [0.2, 0.25) is 0 Å². The largest absolute Gasteiger partial charge is 0.472 e. The topological polar surface area (TPSA) is 237 Å². The molecule has 0 bridgehead atoms. The van der Waals surface area contributed by atoms with Crippen LogP contribution in [0, 0.1) is 11.8 Å². The van der Waals surface area contributed by atoms with Crippen LogP contribution < -0.4 is 0 Å². The monoisotopic (exact) mass is 1510 g/mol. The van der Waals surface area contributed by atoms with Crippen LogP contribution in [0.4, 0.5) is 0 Å². The predicted molar refractivity (Wildman–Crippen MR) is 423 cm³/mol. The van der Waals surface area contributed by atoms with Gasteiger partial charge in [-0.1, -0.05) is 395 Å². The van der Waals surface area contributed by atoms with E-state index in [4.69, 9.17) is 37.0 Å². The summed E-state index contributed by atoms with van der Waals surface area (Å²) in [7, 11) is -9.92. The van der Waals surface area contributed by atoms with Crippen LogP contribution in [0.25, 0.3) is 0 Å². The summed E-state index contributed by atoms with van der Waals surface area (Å²) < 4.78 is 68.8. The lowest BCUT2D eigenvalue weighted by molar-refractivity contribution is -0.161. The highest BCUT2D eigenvalue weighted by Gasteiger charge is 2.30. The highest BCUT2D eigenvalue weighted by Crippen LogP contribution is 2.45. The molecule has 0 aliphatic heterocycles. The lowest BCUT2D eigenvalue weighted by atomic mass is 9.99. The van der Waals surface area contributed by atoms with Gasteiger partial charge in [-0.25, -0.2) is 9.13 Å². The van der Waals surface area contributed by atoms with E-state index in [9.17, 15) is 43.2 Å². The standard InChI is InChI=1S/C84H164O17P2/c1-7-10-12-14-16-18-20-22-24-25-26-27-28-29-31-37-41-45-49-57-63-68-83(88)100-79(72-94-81(86)66-60-54-47-43-39-35-33-32-34-38-42-46-53-59-65-77(6)9-3)74-98-102(90,91)96-70-78(85)71-97-103(92,93)99-75-80(73-95-82(87)67-61-55-51-50-52-58-64-76(4)5)101-84(89)69-62-56-48-44-40-36-30-23-21-19-17-15-13-11-8-2/h76-80,85H,7-75H2,1-6H3,(H,90,91)(H,92,93)/t77?,78-,79-,80-/m1/s1. The van der Waals surface area contributed by atoms with Crippen LogP contribution in [0.2, 0.25) is 0 Å². The molecule has 0 saturated heterocycles. The Morgan fingerprint density at radius 3 is 0.738 bits per heavy atom. The summed E-state index contributed by atoms with van der Waals surface area (Å²) in [6, 6.07) is 0. The van der Waals surface area contributed by atoms with Crippen molar-refractivity contribution in [2.45, 2.75) is 464 Å². The van der Waals surface area contributed by atoms with Crippen LogP contribution in [0.5, 0.6) is 0 Å². The molecule has 0 fully saturated rings. The zero-order valence-electron chi connectivity index (χ0n) is 67.6. The minimum Gasteiger partial charge on any atom is -0.462 e. The third-order valence-electron chi connectivity index (χ3n) is 20.1. The first kappa shape index (κ1) is 101. The van der Waals surface area contributed by atoms with Gasteiger partial charge in [0.1, 0.15) is 19.3 Å². The van der Waals surface area contributed by atoms with Gasteiger partial charge in [-0.2, -0.15) is 0 Å². The van der Waals surface area contributed by atoms with Gasteiger partial charge in [0.25, 0.3) is 0 Å². The van der Waals surface area contributed by atoms with E-state index in [1.807, 2.05) is 0 Å². The molecule has 19 heteroatoms. The van der Waals surface area contributed by atoms with Crippen LogP contribution >= 0.6 is 15.6 Å². The number of unbranched alkanes of at least 4 members (excludes halogenated alkanes) is 52. The molecule has 0 aromatic rings. The fraction of sp³-hybridized carbons (Fsp3) is 0.952. The molecule has 0 heterocycles. The summed E-state index contributed by atoms with van der Waals surface area (Å²) in [5, 5.41) is 10.7. The number of aliphatic hydroxyl groups is 1. The second-order valence-corrected chi connectivity index (χ2v) is 33.8. The second-order valence-electron chi connectivity index (χ2n) is 30.9. The van der Waals surface area contributed by atoms with E-state index in [-0.39, 0.29) is 25.7 Å². The van der Waals surface area contributed by atoms with Gasteiger partial charge in [0.15, 0.2) is 12.2 Å². The highest BCUT2D eigenvalue weighted by atomic mass is 31.2. The van der Waals surface area contributed by atoms with E-state index in [1.54, 1.807) is 0 Å². The molecule has 3 N–H and O–H groups in total. The molecule has 0 amide bonds. The molecular formula is C84H164O17P2. The Morgan fingerprint density at radius 1 is 0.282 bits per heavy atom. The fourth-order valence-electron chi connectivity index (χ4n) is 13.0. The zero-order chi connectivity index (χ0) is 75.6. The normalized spacial score (nSPS) is 14.1. The first-order chi connectivity index (χ1) is 49.9. The summed E-state index contributed by atoms with van der Waals surface area (Å²) >= 11 is 0. The molecule has 0 saturated carbocycles. The average molecular weight is 1510 g/mol. The van der Waals surface area contributed by atoms with Crippen molar-refractivity contribution in [3.63, 3.8) is 0 Å². The van der Waals surface area contributed by atoms with Crippen molar-refractivity contribution in [2.75, 3.05) is 39.6 Å². The molecule has 0 spiro atoms. The van der Waals surface area contributed by atoms with Crippen molar-refractivity contribution < 1.29 is 80.2 Å². The Kier molecular flexibility index (Phi) is 74.1. The van der Waals surface area contributed by atoms with Gasteiger partial charge in [-0.3, -0.25) is 37.3 Å². The molecule has 6 atom stereocenters. The van der Waals surface area contributed by atoms with Crippen molar-refractivity contribution in [1.82, 2.24) is 0 Å². The maximum absolute atomic E-state index is 13.1. The quantitative estimate of drug-likeness (QED) is 0.0222. The first-order valence-electron chi connectivity index (χ1n) is 43.5. The number of carbonyl (C=O) groups is 4. The van der Waals surface area contributed by atoms with E-state index < -0.39 is 97.5 Å². The van der Waals surface area contributed by atoms with Gasteiger partial charge in [-0.15, -0.1) is 0 Å². The predicted octanol–water partition coefficient (Wildman–Crippen LogP) is 25.5. The molecule has 103 heavy (non-hydrogen) atoms. The molecule has 3 unspecified atom stereocenters. The number of phosphoric acid groups is 2. The molecule has 0 aliphatic carbocycles. The van der Waals surface area contributed by atoms with Crippen molar-refractivity contribution in [2.24, 2.45) is 11.8 Å². The van der Waals surface area contributed by atoms with Crippen molar-refractivity contribution in [1.29, 1.82) is 0 Å². The fourth-order valence-corrected chi connectivity index (χ4v) is 14.6. The van der Waals surface area contributed by atoms with Crippen LogP contribution in [-0.4, -0.2) is 96.7 Å². The summed E-state index contributed by atoms with van der Waals surface area (Å²) in [4.78, 5) is 73.1. The van der Waals surface area contributed by atoms with Crippen LogP contribution in [-0.2, 0) is 65.4 Å². The smallest absolute Gasteiger partial charge is 0.462 e. The van der Waals surface area contributed by atoms with E-state index >= 15 is 0 Å². The summed E-state index contributed by atoms with van der Waals surface area (Å²) in [5.74, 6) is -0.577. The number of phosphoric ester groups is 2. The van der Waals surface area contributed by atoms with Gasteiger partial charge < -0.3 is 33.8 Å². The number of esters is 4. The lowest BCUT2D eigenvalue weighted by Crippen LogP contribution is -2.30. The number of ether oxygens (including phenoxy) is 4. The Labute approximate surface area is 632 Å². The minimum absolute atomic E-state index is 0.107. The third kappa shape index (κ3) is 76.6. The molecule has 17 nitrogen and oxygen atoms in total. The lowest BCUT2D eigenvalue weighted by Gasteiger charge is -2.21. The molecular weight excluding hydrogens is 1340 g/mol. The Balaban J connectivity index is 5.21. The molecule has 0 aromatic carbocycles. The van der Waals surface area contributed by atoms with Gasteiger partial charge in [0.05, 0.1) is 26.4 Å². The van der Waals surface area contributed by atoms with E-state index in [1.165, 1.54) is 257 Å². The SMILES string of the molecule is CCCCCCCCCCCCCCCCCCCCCCCC(=O)O[C@H](COC(=O)CCCCCCCCCCCCCCCCC(C)CC)COP(=O)(O)OC[C@@H](O)COP(=O)(O)OC[C@@H](COC(=O)CCCCCCCCC(C)C)OC(=O)CCCCCCCCCCCCCCCCC. The maximum Gasteiger partial charge on any atom is 0.472 e. The average Bonchev–Trinajstić information content (AvgIpc) is 0.915. The second kappa shape index (κ2) is 75.5. The van der Waals surface area contributed by atoms with Gasteiger partial charge >= 0.3 is 39.5 Å². The molecule has 0 rings (SSSR count). The number of carbonyl (C=O) groups excluding carboxylic acids is 4. The van der Waals surface area contributed by atoms with Crippen LogP contribution in [0.1, 0.15) is 446 Å². The van der Waals surface area contributed by atoms with E-state index in [0.29, 0.717) is 31.6 Å². The first-order valence-corrected chi connectivity index (χ1v) is 46.5. The minimum atomic E-state index is -4.96. The molecule has 0 aliphatic rings. The molecule has 0 aromatic heterocycles. The Hall–Kier alpha value is -1.94. The number of aliphatic hydroxyl groups excluding tert-OH is 1. The number of hydrogen-bond acceptors (Lipinski definition) is 15. The molecule has 0 radical (unpaired) electrons. The van der Waals surface area contributed by atoms with E-state index in [2.05, 4.69) is 41.5 Å². The highest BCUT2D eigenvalue weighted by molar-refractivity contribution is 7.47. The van der Waals surface area contributed by atoms with E-state index in [0.717, 1.165) is 102 Å². The summed E-state index contributed by atoms with van der Waals surface area (Å²) in [6.45, 7) is 9.63. The van der Waals surface area contributed by atoms with Gasteiger partial charge in [-0.05, 0) is 37.5 Å². The number of rotatable bonds is 83. The Morgan fingerprint density at radius 2 is 0.495 bits per heavy atom.